The van der Waals surface area contributed by atoms with Gasteiger partial charge in [0.15, 0.2) is 12.6 Å². The van der Waals surface area contributed by atoms with Gasteiger partial charge >= 0.3 is 5.97 Å². The Bertz CT molecular complexity index is 1700. The van der Waals surface area contributed by atoms with Crippen LogP contribution in [0.15, 0.2) is 0 Å². The Morgan fingerprint density at radius 1 is 0.507 bits per heavy atom. The summed E-state index contributed by atoms with van der Waals surface area (Å²) in [5.41, 5.74) is 0. The van der Waals surface area contributed by atoms with Gasteiger partial charge < -0.3 is 96.1 Å². The molecule has 0 saturated carbocycles. The molecule has 416 valence electrons. The average molecular weight is 1050 g/mol. The Hall–Kier alpha value is -5.05. The Kier molecular flexibility index (Phi) is 28.7. The maximum Gasteiger partial charge on any atom is 0.333 e. The lowest BCUT2D eigenvalue weighted by Gasteiger charge is -2.39. The van der Waals surface area contributed by atoms with E-state index in [1.165, 1.54) is 0 Å². The lowest BCUT2D eigenvalue weighted by Crippen LogP contribution is -2.59. The van der Waals surface area contributed by atoms with E-state index < -0.39 is 136 Å². The third-order valence-corrected chi connectivity index (χ3v) is 11.6. The number of hydrogen-bond donors (Lipinski definition) is 13. The second kappa shape index (κ2) is 33.7. The molecule has 10 atom stereocenters. The number of aliphatic hydroxyl groups is 8. The van der Waals surface area contributed by atoms with E-state index in [9.17, 15) is 84.0 Å². The summed E-state index contributed by atoms with van der Waals surface area (Å²) in [7, 11) is 0. The van der Waals surface area contributed by atoms with E-state index in [1.807, 2.05) is 0 Å². The fourth-order valence-corrected chi connectivity index (χ4v) is 7.37. The van der Waals surface area contributed by atoms with Crippen molar-refractivity contribution in [2.75, 3.05) is 72.2 Å². The van der Waals surface area contributed by atoms with Gasteiger partial charge in [-0.2, -0.15) is 0 Å². The van der Waals surface area contributed by atoms with Crippen molar-refractivity contribution in [2.45, 2.75) is 151 Å². The van der Waals surface area contributed by atoms with Crippen LogP contribution in [0.3, 0.4) is 0 Å². The maximum absolute atomic E-state index is 13.2. The molecule has 0 aromatic heterocycles. The molecule has 3 saturated heterocycles. The van der Waals surface area contributed by atoms with E-state index in [0.717, 1.165) is 4.90 Å². The number of amides is 8. The molecular weight excluding hydrogens is 979 g/mol. The zero-order valence-electron chi connectivity index (χ0n) is 40.6. The highest BCUT2D eigenvalue weighted by Crippen LogP contribution is 2.23. The highest BCUT2D eigenvalue weighted by molar-refractivity contribution is 6.01. The first kappa shape index (κ1) is 62.2. The number of imide groups is 1. The zero-order chi connectivity index (χ0) is 53.9. The first-order valence-corrected chi connectivity index (χ1v) is 24.4. The molecule has 3 aliphatic rings. The predicted molar refractivity (Wildman–Crippen MR) is 244 cm³/mol. The van der Waals surface area contributed by atoms with Crippen LogP contribution < -0.4 is 26.6 Å². The fourth-order valence-electron chi connectivity index (χ4n) is 7.37. The molecule has 3 rings (SSSR count). The lowest BCUT2D eigenvalue weighted by atomic mass is 9.99. The number of carbonyl (C=O) groups is 9. The minimum absolute atomic E-state index is 0.0372. The van der Waals surface area contributed by atoms with Crippen LogP contribution in [0.1, 0.15) is 89.9 Å². The van der Waals surface area contributed by atoms with Crippen molar-refractivity contribution >= 4 is 53.2 Å². The second-order valence-electron chi connectivity index (χ2n) is 17.4. The molecule has 13 N–H and O–H groups in total. The van der Waals surface area contributed by atoms with E-state index in [0.29, 0.717) is 43.6 Å². The third-order valence-electron chi connectivity index (χ3n) is 11.6. The summed E-state index contributed by atoms with van der Waals surface area (Å²) < 4.78 is 21.2. The topological polar surface area (TPSA) is 428 Å². The molecule has 73 heavy (non-hydrogen) atoms. The second-order valence-corrected chi connectivity index (χ2v) is 17.4. The summed E-state index contributed by atoms with van der Waals surface area (Å²) in [5.74, 6) is -5.22. The van der Waals surface area contributed by atoms with E-state index >= 15 is 0 Å². The smallest absolute Gasteiger partial charge is 0.333 e. The van der Waals surface area contributed by atoms with Crippen molar-refractivity contribution in [3.8, 4) is 0 Å². The number of nitrogens with one attached hydrogen (secondary N) is 5. The van der Waals surface area contributed by atoms with Gasteiger partial charge in [-0.25, -0.2) is 4.79 Å². The standard InChI is InChI=1S/C44H73N7O22/c52-24-26-37(63)39(65)41(67)43(71-26)69-19-17-47-28(54)9-3-1-7-15-45-31(57)22-50(35(61)21-49-30(56)11-5-6-12-36(62)73-51-33(59)13-14-34(51)60)23-32(58)46-16-8-2-4-10-29(55)48-18-20-70-44-42(68)40(66)38(64)27(25-53)72-44/h26-27,37-44,52-53,63-68H,1-25H2,(H,45,57)(H,46,58)(H,47,54)(H,48,55)(H,49,56)/t26-,27-,37-,38-,39+,40+,41+,42+,43+,44+/m1/s1. The van der Waals surface area contributed by atoms with Crippen LogP contribution in [0.5, 0.6) is 0 Å². The molecule has 3 heterocycles. The maximum atomic E-state index is 13.2. The number of unbranched alkanes of at least 4 members (excludes halogenated alkanes) is 5. The highest BCUT2D eigenvalue weighted by atomic mass is 16.7. The minimum atomic E-state index is -1.60. The van der Waals surface area contributed by atoms with Crippen LogP contribution in [0.25, 0.3) is 0 Å². The summed E-state index contributed by atoms with van der Waals surface area (Å²) >= 11 is 0. The number of hydrogen-bond acceptors (Lipinski definition) is 22. The molecule has 8 amide bonds. The number of aliphatic hydroxyl groups excluding tert-OH is 8. The first-order valence-electron chi connectivity index (χ1n) is 24.4. The van der Waals surface area contributed by atoms with Crippen LogP contribution in [-0.4, -0.2) is 238 Å². The molecule has 0 aliphatic carbocycles. The number of nitrogens with zero attached hydrogens (tertiary/aromatic N) is 2. The van der Waals surface area contributed by atoms with Crippen molar-refractivity contribution < 1.29 is 108 Å². The van der Waals surface area contributed by atoms with Gasteiger partial charge in [-0.05, 0) is 38.5 Å². The summed E-state index contributed by atoms with van der Waals surface area (Å²) in [4.78, 5) is 117. The van der Waals surface area contributed by atoms with E-state index in [2.05, 4.69) is 26.6 Å². The largest absolute Gasteiger partial charge is 0.394 e. The van der Waals surface area contributed by atoms with Gasteiger partial charge in [0, 0.05) is 64.7 Å². The molecule has 0 aromatic rings. The number of carbonyl (C=O) groups excluding carboxylic acids is 9. The lowest BCUT2D eigenvalue weighted by molar-refractivity contribution is -0.300. The van der Waals surface area contributed by atoms with Crippen LogP contribution >= 0.6 is 0 Å². The van der Waals surface area contributed by atoms with Crippen molar-refractivity contribution in [1.82, 2.24) is 36.5 Å². The quantitative estimate of drug-likeness (QED) is 0.0210. The van der Waals surface area contributed by atoms with Crippen molar-refractivity contribution in [3.63, 3.8) is 0 Å². The fraction of sp³-hybridized carbons (Fsp3) is 0.795. The van der Waals surface area contributed by atoms with Crippen molar-refractivity contribution in [3.05, 3.63) is 0 Å². The molecule has 3 fully saturated rings. The highest BCUT2D eigenvalue weighted by Gasteiger charge is 2.45. The third kappa shape index (κ3) is 22.5. The van der Waals surface area contributed by atoms with Gasteiger partial charge in [0.25, 0.3) is 11.8 Å². The van der Waals surface area contributed by atoms with Crippen molar-refractivity contribution in [1.29, 1.82) is 0 Å². The van der Waals surface area contributed by atoms with Gasteiger partial charge in [0.2, 0.25) is 35.4 Å². The molecule has 0 bridgehead atoms. The summed E-state index contributed by atoms with van der Waals surface area (Å²) in [6.07, 6.45) is -11.2. The van der Waals surface area contributed by atoms with Gasteiger partial charge in [0.1, 0.15) is 61.9 Å². The van der Waals surface area contributed by atoms with Crippen LogP contribution in [0.2, 0.25) is 0 Å². The molecule has 0 spiro atoms. The van der Waals surface area contributed by atoms with Crippen molar-refractivity contribution in [2.24, 2.45) is 0 Å². The average Bonchev–Trinajstić information content (AvgIpc) is 3.68. The van der Waals surface area contributed by atoms with E-state index in [1.54, 1.807) is 0 Å². The summed E-state index contributed by atoms with van der Waals surface area (Å²) in [6.45, 7) is -2.66. The first-order chi connectivity index (χ1) is 34.9. The van der Waals surface area contributed by atoms with Gasteiger partial charge in [0.05, 0.1) is 33.0 Å². The molecular formula is C44H73N7O22. The summed E-state index contributed by atoms with van der Waals surface area (Å²) in [6, 6.07) is 0. The van der Waals surface area contributed by atoms with E-state index in [4.69, 9.17) is 23.8 Å². The normalized spacial score (nSPS) is 24.9. The Morgan fingerprint density at radius 2 is 0.904 bits per heavy atom. The molecule has 3 aliphatic heterocycles. The number of ether oxygens (including phenoxy) is 4. The molecule has 0 radical (unpaired) electrons. The van der Waals surface area contributed by atoms with E-state index in [-0.39, 0.29) is 103 Å². The van der Waals surface area contributed by atoms with Gasteiger partial charge in [-0.15, -0.1) is 5.06 Å². The van der Waals surface area contributed by atoms with Gasteiger partial charge in [-0.1, -0.05) is 12.8 Å². The zero-order valence-corrected chi connectivity index (χ0v) is 40.6. The Balaban J connectivity index is 1.35. The minimum Gasteiger partial charge on any atom is -0.394 e. The SMILES string of the molecule is O=C(CCCCCNC(=O)CN(CC(=O)NCCCCCC(=O)NCCO[C@H]1O[C@H](CO)[C@@H](O)[C@H](O)[C@@H]1O)C(=O)CNC(=O)CCCCC(=O)ON1C(=O)CCC1=O)NCCO[C@H]1O[C@H](CO)[C@@H](O)[C@H](O)[C@@H]1O. The van der Waals surface area contributed by atoms with Crippen LogP contribution in [0.4, 0.5) is 0 Å². The molecule has 29 heteroatoms. The monoisotopic (exact) mass is 1050 g/mol. The summed E-state index contributed by atoms with van der Waals surface area (Å²) in [5, 5.41) is 91.5. The van der Waals surface area contributed by atoms with Crippen LogP contribution in [-0.2, 0) is 66.9 Å². The Morgan fingerprint density at radius 3 is 1.34 bits per heavy atom. The Labute approximate surface area is 420 Å². The number of hydroxylamine groups is 2. The molecule has 29 nitrogen and oxygen atoms in total. The van der Waals surface area contributed by atoms with Gasteiger partial charge in [-0.3, -0.25) is 38.4 Å². The molecule has 0 unspecified atom stereocenters. The number of rotatable bonds is 34. The molecule has 0 aromatic carbocycles. The van der Waals surface area contributed by atoms with Crippen LogP contribution in [0, 0.1) is 0 Å². The predicted octanol–water partition coefficient (Wildman–Crippen LogP) is -6.68.